The van der Waals surface area contributed by atoms with Crippen LogP contribution in [0, 0.1) is 25.6 Å². The molecule has 2 aromatic carbocycles. The van der Waals surface area contributed by atoms with Crippen molar-refractivity contribution >= 4 is 23.3 Å². The van der Waals surface area contributed by atoms with E-state index in [-0.39, 0.29) is 11.8 Å². The Morgan fingerprint density at radius 3 is 2.39 bits per heavy atom. The number of anilines is 1. The highest BCUT2D eigenvalue weighted by Gasteiger charge is 2.20. The van der Waals surface area contributed by atoms with Gasteiger partial charge in [-0.3, -0.25) is 4.79 Å². The molecule has 2 aromatic rings. The van der Waals surface area contributed by atoms with Crippen LogP contribution in [0.15, 0.2) is 72.4 Å². The summed E-state index contributed by atoms with van der Waals surface area (Å²) in [4.78, 5) is 20.3. The molecule has 0 atom stereocenters. The van der Waals surface area contributed by atoms with Crippen LogP contribution in [0.1, 0.15) is 49.7 Å². The molecule has 1 amide bonds. The predicted molar refractivity (Wildman–Crippen MR) is 157 cm³/mol. The molecule has 202 valence electrons. The topological polar surface area (TPSA) is 74.0 Å². The second kappa shape index (κ2) is 15.9. The van der Waals surface area contributed by atoms with E-state index in [1.165, 1.54) is 31.4 Å². The highest BCUT2D eigenvalue weighted by atomic mass is 19.1. The van der Waals surface area contributed by atoms with Gasteiger partial charge in [-0.15, -0.1) is 12.8 Å². The van der Waals surface area contributed by atoms with E-state index in [9.17, 15) is 9.18 Å². The molecule has 0 bridgehead atoms. The van der Waals surface area contributed by atoms with Crippen LogP contribution in [0.5, 0.6) is 0 Å². The molecule has 0 radical (unpaired) electrons. The fraction of sp³-hybridized carbons (Fsp3) is 0.355. The minimum atomic E-state index is -0.330. The number of carbonyl (C=O) groups is 1. The van der Waals surface area contributed by atoms with Gasteiger partial charge in [0, 0.05) is 43.0 Å². The third-order valence-corrected chi connectivity index (χ3v) is 6.30. The van der Waals surface area contributed by atoms with Crippen LogP contribution >= 0.6 is 0 Å². The van der Waals surface area contributed by atoms with Crippen LogP contribution in [0.3, 0.4) is 0 Å². The van der Waals surface area contributed by atoms with E-state index in [2.05, 4.69) is 41.2 Å². The van der Waals surface area contributed by atoms with E-state index >= 15 is 0 Å². The standard InChI is InChI=1S/C16H16FN3.C13H22N2O.C2H2/c1-11-5-3-8-15(9-11)20-16(18)19-12(2)13-6-4-7-14(17)10-13;1-12(14-8-5-6-9-14)11-15-10-4-2-3-7-13(15)16;1-2/h3-10H,2H2,1H3,(H3,18,19,20);1-11H2;1-2H. The largest absolute Gasteiger partial charge is 0.374 e. The van der Waals surface area contributed by atoms with Crippen LogP contribution < -0.4 is 11.1 Å². The van der Waals surface area contributed by atoms with Crippen LogP contribution in [0.4, 0.5) is 10.1 Å². The first-order chi connectivity index (χ1) is 18.3. The van der Waals surface area contributed by atoms with Crippen LogP contribution in [0.2, 0.25) is 0 Å². The molecule has 3 N–H and O–H groups in total. The van der Waals surface area contributed by atoms with Crippen molar-refractivity contribution in [2.24, 2.45) is 10.7 Å². The number of terminal acetylenes is 1. The normalized spacial score (nSPS) is 15.4. The maximum atomic E-state index is 13.1. The fourth-order valence-corrected chi connectivity index (χ4v) is 4.34. The van der Waals surface area contributed by atoms with Gasteiger partial charge in [-0.25, -0.2) is 9.38 Å². The van der Waals surface area contributed by atoms with Gasteiger partial charge in [-0.1, -0.05) is 43.8 Å². The molecule has 38 heavy (non-hydrogen) atoms. The van der Waals surface area contributed by atoms with E-state index in [4.69, 9.17) is 5.73 Å². The highest BCUT2D eigenvalue weighted by Crippen LogP contribution is 2.18. The molecule has 0 unspecified atom stereocenters. The molecule has 0 spiro atoms. The van der Waals surface area contributed by atoms with E-state index in [0.717, 1.165) is 62.4 Å². The highest BCUT2D eigenvalue weighted by molar-refractivity contribution is 5.95. The number of nitrogens with zero attached hydrogens (tertiary/aromatic N) is 3. The molecule has 6 nitrogen and oxygen atoms in total. The lowest BCUT2D eigenvalue weighted by atomic mass is 10.2. The van der Waals surface area contributed by atoms with E-state index in [1.54, 1.807) is 12.1 Å². The van der Waals surface area contributed by atoms with Gasteiger partial charge in [-0.2, -0.15) is 0 Å². The lowest BCUT2D eigenvalue weighted by Gasteiger charge is -2.27. The maximum absolute atomic E-state index is 13.1. The Bertz CT molecular complexity index is 1130. The molecule has 2 aliphatic rings. The van der Waals surface area contributed by atoms with Crippen molar-refractivity contribution in [3.63, 3.8) is 0 Å². The van der Waals surface area contributed by atoms with Crippen LogP contribution in [0.25, 0.3) is 5.70 Å². The Morgan fingerprint density at radius 2 is 1.71 bits per heavy atom. The number of nitrogens with two attached hydrogens (primary N) is 1. The number of benzene rings is 2. The molecular formula is C31H40FN5O. The molecule has 0 aliphatic carbocycles. The number of likely N-dealkylation sites (tertiary alicyclic amines) is 2. The summed E-state index contributed by atoms with van der Waals surface area (Å²) in [5.74, 6) is 0.201. The number of aryl methyl sites for hydroxylation is 1. The Kier molecular flexibility index (Phi) is 12.7. The summed E-state index contributed by atoms with van der Waals surface area (Å²) >= 11 is 0. The summed E-state index contributed by atoms with van der Waals surface area (Å²) in [7, 11) is 0. The molecule has 2 saturated heterocycles. The van der Waals surface area contributed by atoms with Crippen LogP contribution in [-0.4, -0.2) is 47.8 Å². The number of nitrogens with one attached hydrogen (secondary N) is 1. The third kappa shape index (κ3) is 10.1. The molecule has 2 fully saturated rings. The quantitative estimate of drug-likeness (QED) is 0.289. The van der Waals surface area contributed by atoms with Gasteiger partial charge in [0.1, 0.15) is 5.82 Å². The summed E-state index contributed by atoms with van der Waals surface area (Å²) in [5.41, 5.74) is 9.91. The van der Waals surface area contributed by atoms with Crippen molar-refractivity contribution in [3.8, 4) is 12.8 Å². The first-order valence-electron chi connectivity index (χ1n) is 13.0. The minimum Gasteiger partial charge on any atom is -0.374 e. The van der Waals surface area contributed by atoms with Crippen molar-refractivity contribution in [2.75, 3.05) is 31.5 Å². The van der Waals surface area contributed by atoms with Crippen LogP contribution in [-0.2, 0) is 4.79 Å². The second-order valence-corrected chi connectivity index (χ2v) is 9.33. The molecule has 4 rings (SSSR count). The summed E-state index contributed by atoms with van der Waals surface area (Å²) in [5, 5.41) is 2.97. The first-order valence-corrected chi connectivity index (χ1v) is 13.0. The van der Waals surface area contributed by atoms with E-state index in [1.807, 2.05) is 36.1 Å². The van der Waals surface area contributed by atoms with E-state index < -0.39 is 0 Å². The molecule has 7 heteroatoms. The monoisotopic (exact) mass is 517 g/mol. The lowest BCUT2D eigenvalue weighted by Crippen LogP contribution is -2.35. The number of amides is 1. The zero-order valence-corrected chi connectivity index (χ0v) is 22.5. The fourth-order valence-electron chi connectivity index (χ4n) is 4.34. The van der Waals surface area contributed by atoms with Gasteiger partial charge in [-0.05, 0) is 62.4 Å². The number of carbonyl (C=O) groups excluding carboxylic acids is 1. The van der Waals surface area contributed by atoms with Crippen molar-refractivity contribution in [1.29, 1.82) is 0 Å². The zero-order chi connectivity index (χ0) is 27.9. The predicted octanol–water partition coefficient (Wildman–Crippen LogP) is 5.78. The minimum absolute atomic E-state index is 0.213. The van der Waals surface area contributed by atoms with Gasteiger partial charge < -0.3 is 20.9 Å². The van der Waals surface area contributed by atoms with Gasteiger partial charge >= 0.3 is 0 Å². The van der Waals surface area contributed by atoms with Gasteiger partial charge in [0.15, 0.2) is 5.96 Å². The SMILES string of the molecule is C#C.C=C(CN1CCCCCC1=O)N1CCCC1.C=C(N=C(N)Nc1cccc(C)c1)c1cccc(F)c1. The Hall–Kier alpha value is -4.05. The summed E-state index contributed by atoms with van der Waals surface area (Å²) in [6.45, 7) is 13.8. The maximum Gasteiger partial charge on any atom is 0.222 e. The second-order valence-electron chi connectivity index (χ2n) is 9.33. The van der Waals surface area contributed by atoms with Crippen molar-refractivity contribution in [2.45, 2.75) is 45.4 Å². The number of halogens is 1. The third-order valence-electron chi connectivity index (χ3n) is 6.30. The van der Waals surface area contributed by atoms with Crippen molar-refractivity contribution in [1.82, 2.24) is 9.80 Å². The number of hydrogen-bond acceptors (Lipinski definition) is 3. The van der Waals surface area contributed by atoms with Crippen molar-refractivity contribution in [3.05, 3.63) is 84.3 Å². The molecular weight excluding hydrogens is 477 g/mol. The Labute approximate surface area is 227 Å². The first kappa shape index (κ1) is 30.2. The molecule has 2 heterocycles. The Balaban J connectivity index is 0.000000256. The lowest BCUT2D eigenvalue weighted by molar-refractivity contribution is -0.130. The van der Waals surface area contributed by atoms with Gasteiger partial charge in [0.05, 0.1) is 12.2 Å². The average molecular weight is 518 g/mol. The molecule has 2 aliphatic heterocycles. The number of hydrogen-bond donors (Lipinski definition) is 2. The number of rotatable bonds is 6. The van der Waals surface area contributed by atoms with Crippen molar-refractivity contribution < 1.29 is 9.18 Å². The van der Waals surface area contributed by atoms with Gasteiger partial charge in [0.25, 0.3) is 0 Å². The summed E-state index contributed by atoms with van der Waals surface area (Å²) in [6, 6.07) is 13.8. The smallest absolute Gasteiger partial charge is 0.222 e. The zero-order valence-electron chi connectivity index (χ0n) is 22.5. The number of aliphatic imine (C=N–C) groups is 1. The number of guanidine groups is 1. The molecule has 0 aromatic heterocycles. The summed E-state index contributed by atoms with van der Waals surface area (Å²) in [6.07, 6.45) is 14.7. The molecule has 0 saturated carbocycles. The van der Waals surface area contributed by atoms with Gasteiger partial charge in [0.2, 0.25) is 5.91 Å². The summed E-state index contributed by atoms with van der Waals surface area (Å²) < 4.78 is 13.1. The van der Waals surface area contributed by atoms with E-state index in [0.29, 0.717) is 17.2 Å². The Morgan fingerprint density at radius 1 is 1.03 bits per heavy atom. The average Bonchev–Trinajstić information content (AvgIpc) is 3.37.